The fourth-order valence-electron chi connectivity index (χ4n) is 3.54. The number of ether oxygens (including phenoxy) is 1. The van der Waals surface area contributed by atoms with Crippen LogP contribution in [0.2, 0.25) is 0 Å². The number of nitrogens with one attached hydrogen (secondary N) is 1. The van der Waals surface area contributed by atoms with Crippen LogP contribution in [0, 0.1) is 5.92 Å². The summed E-state index contributed by atoms with van der Waals surface area (Å²) in [5, 5.41) is 3.00. The number of hydrogen-bond donors (Lipinski definition) is 1. The van der Waals surface area contributed by atoms with Crippen LogP contribution in [0.25, 0.3) is 0 Å². The van der Waals surface area contributed by atoms with Crippen LogP contribution in [0.5, 0.6) is 0 Å². The van der Waals surface area contributed by atoms with Gasteiger partial charge in [0.1, 0.15) is 0 Å². The molecule has 3 rings (SSSR count). The number of piperidine rings is 1. The van der Waals surface area contributed by atoms with Gasteiger partial charge in [-0.2, -0.15) is 0 Å². The monoisotopic (exact) mass is 360 g/mol. The molecule has 2 heterocycles. The molecule has 0 atom stereocenters. The lowest BCUT2D eigenvalue weighted by atomic mass is 9.95. The topological polar surface area (TPSA) is 65.1 Å². The molecule has 26 heavy (non-hydrogen) atoms. The quantitative estimate of drug-likeness (QED) is 0.894. The Morgan fingerprint density at radius 2 is 1.69 bits per heavy atom. The summed E-state index contributed by atoms with van der Waals surface area (Å²) >= 11 is 0. The molecule has 3 amide bonds. The van der Waals surface area contributed by atoms with Gasteiger partial charge in [0.2, 0.25) is 5.91 Å². The highest BCUT2D eigenvalue weighted by atomic mass is 16.5. The Morgan fingerprint density at radius 3 is 2.35 bits per heavy atom. The highest BCUT2D eigenvalue weighted by Crippen LogP contribution is 2.25. The van der Waals surface area contributed by atoms with Gasteiger partial charge in [-0.1, -0.05) is 12.1 Å². The van der Waals surface area contributed by atoms with Crippen LogP contribution < -0.4 is 10.2 Å². The maximum atomic E-state index is 12.6. The van der Waals surface area contributed by atoms with Gasteiger partial charge in [-0.25, -0.2) is 4.79 Å². The minimum Gasteiger partial charge on any atom is -0.378 e. The Bertz CT molecular complexity index is 635. The third-order valence-corrected chi connectivity index (χ3v) is 5.08. The fourth-order valence-corrected chi connectivity index (χ4v) is 3.54. The smallest absolute Gasteiger partial charge is 0.321 e. The largest absolute Gasteiger partial charge is 0.378 e. The number of amides is 3. The molecule has 1 aromatic carbocycles. The second-order valence-corrected chi connectivity index (χ2v) is 7.04. The molecule has 1 aromatic rings. The molecule has 0 radical (unpaired) electrons. The van der Waals surface area contributed by atoms with E-state index in [4.69, 9.17) is 4.74 Å². The summed E-state index contributed by atoms with van der Waals surface area (Å²) in [5.41, 5.74) is 1.77. The van der Waals surface area contributed by atoms with Gasteiger partial charge in [0.15, 0.2) is 0 Å². The Morgan fingerprint density at radius 1 is 1.04 bits per heavy atom. The number of carbonyl (C=O) groups is 2. The first kappa shape index (κ1) is 18.5. The first-order chi connectivity index (χ1) is 12.6. The molecule has 0 aromatic heterocycles. The van der Waals surface area contributed by atoms with Gasteiger partial charge in [-0.15, -0.1) is 0 Å². The maximum Gasteiger partial charge on any atom is 0.321 e. The lowest BCUT2D eigenvalue weighted by molar-refractivity contribution is -0.140. The van der Waals surface area contributed by atoms with Crippen LogP contribution in [0.15, 0.2) is 24.3 Å². The van der Waals surface area contributed by atoms with Gasteiger partial charge in [0, 0.05) is 46.2 Å². The average molecular weight is 360 g/mol. The van der Waals surface area contributed by atoms with Gasteiger partial charge < -0.3 is 24.8 Å². The van der Waals surface area contributed by atoms with Crippen molar-refractivity contribution in [2.75, 3.05) is 63.7 Å². The Kier molecular flexibility index (Phi) is 5.98. The zero-order chi connectivity index (χ0) is 18.5. The Balaban J connectivity index is 1.53. The number of hydrogen-bond acceptors (Lipinski definition) is 4. The summed E-state index contributed by atoms with van der Waals surface area (Å²) in [7, 11) is 3.90. The van der Waals surface area contributed by atoms with E-state index in [2.05, 4.69) is 5.32 Å². The highest BCUT2D eigenvalue weighted by Gasteiger charge is 2.31. The van der Waals surface area contributed by atoms with E-state index >= 15 is 0 Å². The summed E-state index contributed by atoms with van der Waals surface area (Å²) < 4.78 is 5.31. The van der Waals surface area contributed by atoms with Crippen molar-refractivity contribution in [2.24, 2.45) is 5.92 Å². The van der Waals surface area contributed by atoms with Crippen molar-refractivity contribution in [3.8, 4) is 0 Å². The van der Waals surface area contributed by atoms with Crippen molar-refractivity contribution in [1.29, 1.82) is 0 Å². The third-order valence-electron chi connectivity index (χ3n) is 5.08. The van der Waals surface area contributed by atoms with Crippen molar-refractivity contribution in [3.63, 3.8) is 0 Å². The highest BCUT2D eigenvalue weighted by molar-refractivity contribution is 5.93. The second-order valence-electron chi connectivity index (χ2n) is 7.04. The number of benzene rings is 1. The van der Waals surface area contributed by atoms with Crippen LogP contribution in [0.1, 0.15) is 12.8 Å². The fraction of sp³-hybridized carbons (Fsp3) is 0.579. The SMILES string of the molecule is CN(C)c1ccccc1NC(=O)N1CCC(C(=O)N2CCOCC2)CC1. The summed E-state index contributed by atoms with van der Waals surface area (Å²) in [6.45, 7) is 3.83. The van der Waals surface area contributed by atoms with Gasteiger partial charge in [0.05, 0.1) is 24.6 Å². The number of rotatable bonds is 3. The average Bonchev–Trinajstić information content (AvgIpc) is 2.68. The number of carbonyl (C=O) groups excluding carboxylic acids is 2. The Labute approximate surface area is 154 Å². The molecule has 2 saturated heterocycles. The molecule has 7 heteroatoms. The number of anilines is 2. The van der Waals surface area contributed by atoms with E-state index in [1.54, 1.807) is 4.90 Å². The standard InChI is InChI=1S/C19H28N4O3/c1-21(2)17-6-4-3-5-16(17)20-19(25)23-9-7-15(8-10-23)18(24)22-11-13-26-14-12-22/h3-6,15H,7-14H2,1-2H3,(H,20,25). The lowest BCUT2D eigenvalue weighted by Gasteiger charge is -2.35. The number of nitrogens with zero attached hydrogens (tertiary/aromatic N) is 3. The second kappa shape index (κ2) is 8.40. The normalized spacial score (nSPS) is 18.5. The van der Waals surface area contributed by atoms with Crippen molar-refractivity contribution in [2.45, 2.75) is 12.8 Å². The molecule has 1 N–H and O–H groups in total. The van der Waals surface area contributed by atoms with E-state index in [0.29, 0.717) is 39.4 Å². The molecule has 0 spiro atoms. The van der Waals surface area contributed by atoms with Crippen molar-refractivity contribution >= 4 is 23.3 Å². The molecular formula is C19H28N4O3. The number of para-hydroxylation sites is 2. The predicted octanol–water partition coefficient (Wildman–Crippen LogP) is 1.86. The van der Waals surface area contributed by atoms with Crippen LogP contribution in [0.3, 0.4) is 0 Å². The summed E-state index contributed by atoms with van der Waals surface area (Å²) in [4.78, 5) is 30.9. The zero-order valence-electron chi connectivity index (χ0n) is 15.6. The summed E-state index contributed by atoms with van der Waals surface area (Å²) in [6, 6.07) is 7.64. The molecule has 0 aliphatic carbocycles. The number of urea groups is 1. The molecule has 2 aliphatic rings. The first-order valence-electron chi connectivity index (χ1n) is 9.25. The Hall–Kier alpha value is -2.28. The molecule has 2 aliphatic heterocycles. The van der Waals surface area contributed by atoms with Crippen LogP contribution in [0.4, 0.5) is 16.2 Å². The number of likely N-dealkylation sites (tertiary alicyclic amines) is 1. The zero-order valence-corrected chi connectivity index (χ0v) is 15.6. The minimum absolute atomic E-state index is 0.0196. The van der Waals surface area contributed by atoms with Crippen LogP contribution in [-0.2, 0) is 9.53 Å². The van der Waals surface area contributed by atoms with Crippen molar-refractivity contribution < 1.29 is 14.3 Å². The van der Waals surface area contributed by atoms with Gasteiger partial charge in [-0.3, -0.25) is 4.79 Å². The van der Waals surface area contributed by atoms with E-state index in [0.717, 1.165) is 24.2 Å². The van der Waals surface area contributed by atoms with E-state index in [9.17, 15) is 9.59 Å². The van der Waals surface area contributed by atoms with E-state index < -0.39 is 0 Å². The molecule has 0 saturated carbocycles. The number of morpholine rings is 1. The lowest BCUT2D eigenvalue weighted by Crippen LogP contribution is -2.48. The molecule has 7 nitrogen and oxygen atoms in total. The summed E-state index contributed by atoms with van der Waals surface area (Å²) in [6.07, 6.45) is 1.44. The van der Waals surface area contributed by atoms with Crippen molar-refractivity contribution in [3.05, 3.63) is 24.3 Å². The summed E-state index contributed by atoms with van der Waals surface area (Å²) in [5.74, 6) is 0.234. The first-order valence-corrected chi connectivity index (χ1v) is 9.25. The molecule has 142 valence electrons. The van der Waals surface area contributed by atoms with Crippen LogP contribution >= 0.6 is 0 Å². The van der Waals surface area contributed by atoms with Gasteiger partial charge in [0.25, 0.3) is 0 Å². The van der Waals surface area contributed by atoms with Crippen molar-refractivity contribution in [1.82, 2.24) is 9.80 Å². The third kappa shape index (κ3) is 4.27. The van der Waals surface area contributed by atoms with Gasteiger partial charge >= 0.3 is 6.03 Å². The van der Waals surface area contributed by atoms with Gasteiger partial charge in [-0.05, 0) is 25.0 Å². The molecule has 0 unspecified atom stereocenters. The van der Waals surface area contributed by atoms with Crippen LogP contribution in [-0.4, -0.2) is 75.2 Å². The predicted molar refractivity (Wildman–Crippen MR) is 101 cm³/mol. The molecule has 0 bridgehead atoms. The minimum atomic E-state index is -0.100. The molecule has 2 fully saturated rings. The van der Waals surface area contributed by atoms with E-state index in [-0.39, 0.29) is 17.9 Å². The van der Waals surface area contributed by atoms with E-state index in [1.165, 1.54) is 0 Å². The van der Waals surface area contributed by atoms with E-state index in [1.807, 2.05) is 48.2 Å². The maximum absolute atomic E-state index is 12.6. The molecular weight excluding hydrogens is 332 g/mol.